The first-order chi connectivity index (χ1) is 11.7. The molecule has 0 aromatic carbocycles. The van der Waals surface area contributed by atoms with Gasteiger partial charge in [0.2, 0.25) is 5.91 Å². The number of fused-ring (bicyclic) bond motifs is 1. The summed E-state index contributed by atoms with van der Waals surface area (Å²) in [5, 5.41) is 3.04. The van der Waals surface area contributed by atoms with Crippen molar-refractivity contribution in [1.29, 1.82) is 0 Å². The molecule has 2 saturated heterocycles. The molecule has 0 radical (unpaired) electrons. The highest BCUT2D eigenvalue weighted by molar-refractivity contribution is 5.93. The molecule has 1 N–H and O–H groups in total. The van der Waals surface area contributed by atoms with Crippen LogP contribution in [0.15, 0.2) is 18.3 Å². The molecule has 6 heteroatoms. The number of aromatic nitrogens is 1. The van der Waals surface area contributed by atoms with Gasteiger partial charge in [-0.1, -0.05) is 0 Å². The molecule has 0 aliphatic carbocycles. The average molecular weight is 333 g/mol. The van der Waals surface area contributed by atoms with Crippen LogP contribution in [0.3, 0.4) is 0 Å². The molecule has 1 aromatic rings. The molecule has 2 fully saturated rings. The first kappa shape index (κ1) is 17.3. The third kappa shape index (κ3) is 3.94. The molecule has 0 unspecified atom stereocenters. The number of rotatable bonds is 6. The van der Waals surface area contributed by atoms with E-state index in [1.165, 1.54) is 0 Å². The number of ether oxygens (including phenoxy) is 2. The second-order valence-electron chi connectivity index (χ2n) is 6.65. The summed E-state index contributed by atoms with van der Waals surface area (Å²) < 4.78 is 11.2. The van der Waals surface area contributed by atoms with Crippen molar-refractivity contribution in [2.24, 2.45) is 17.8 Å². The largest absolute Gasteiger partial charge is 0.380 e. The van der Waals surface area contributed by atoms with E-state index in [-0.39, 0.29) is 11.8 Å². The number of amides is 1. The van der Waals surface area contributed by atoms with Gasteiger partial charge in [-0.2, -0.15) is 0 Å². The summed E-state index contributed by atoms with van der Waals surface area (Å²) in [4.78, 5) is 19.4. The van der Waals surface area contributed by atoms with Crippen LogP contribution in [0.5, 0.6) is 0 Å². The number of hydrogen-bond donors (Lipinski definition) is 1. The van der Waals surface area contributed by atoms with Crippen LogP contribution in [-0.2, 0) is 14.3 Å². The zero-order valence-corrected chi connectivity index (χ0v) is 14.5. The van der Waals surface area contributed by atoms with Crippen molar-refractivity contribution in [3.05, 3.63) is 24.0 Å². The Kier molecular flexibility index (Phi) is 5.81. The van der Waals surface area contributed by atoms with Crippen LogP contribution < -0.4 is 5.32 Å². The van der Waals surface area contributed by atoms with Gasteiger partial charge in [-0.3, -0.25) is 9.78 Å². The molecule has 3 atom stereocenters. The molecule has 1 amide bonds. The van der Waals surface area contributed by atoms with E-state index < -0.39 is 0 Å². The van der Waals surface area contributed by atoms with E-state index in [0.717, 1.165) is 50.8 Å². The van der Waals surface area contributed by atoms with Crippen LogP contribution in [0, 0.1) is 24.7 Å². The summed E-state index contributed by atoms with van der Waals surface area (Å²) in [6, 6.07) is 3.73. The number of anilines is 1. The molecule has 0 bridgehead atoms. The predicted molar refractivity (Wildman–Crippen MR) is 91.8 cm³/mol. The SMILES string of the molecule is CCOCCN1C[C@@H]2COC[C@H](C(=O)Nc3cccnc3C)[C@@H]2C1. The molecule has 1 aromatic heterocycles. The van der Waals surface area contributed by atoms with E-state index >= 15 is 0 Å². The Bertz CT molecular complexity index is 566. The molecule has 2 aliphatic heterocycles. The Balaban J connectivity index is 1.61. The van der Waals surface area contributed by atoms with Crippen molar-refractivity contribution in [2.45, 2.75) is 13.8 Å². The predicted octanol–water partition coefficient (Wildman–Crippen LogP) is 1.56. The smallest absolute Gasteiger partial charge is 0.230 e. The quantitative estimate of drug-likeness (QED) is 0.801. The van der Waals surface area contributed by atoms with Gasteiger partial charge in [-0.15, -0.1) is 0 Å². The minimum Gasteiger partial charge on any atom is -0.380 e. The highest BCUT2D eigenvalue weighted by Gasteiger charge is 2.43. The summed E-state index contributed by atoms with van der Waals surface area (Å²) >= 11 is 0. The average Bonchev–Trinajstić information content (AvgIpc) is 3.00. The number of aryl methyl sites for hydroxylation is 1. The fourth-order valence-electron chi connectivity index (χ4n) is 3.72. The maximum absolute atomic E-state index is 12.8. The molecule has 24 heavy (non-hydrogen) atoms. The molecular formula is C18H27N3O3. The van der Waals surface area contributed by atoms with Crippen molar-refractivity contribution in [3.8, 4) is 0 Å². The number of carbonyl (C=O) groups excluding carboxylic acids is 1. The van der Waals surface area contributed by atoms with Crippen LogP contribution in [0.2, 0.25) is 0 Å². The number of pyridine rings is 1. The van der Waals surface area contributed by atoms with Gasteiger partial charge in [0.1, 0.15) is 0 Å². The second-order valence-corrected chi connectivity index (χ2v) is 6.65. The summed E-state index contributed by atoms with van der Waals surface area (Å²) in [6.07, 6.45) is 1.73. The third-order valence-electron chi connectivity index (χ3n) is 5.07. The number of nitrogens with zero attached hydrogens (tertiary/aromatic N) is 2. The van der Waals surface area contributed by atoms with Gasteiger partial charge in [-0.25, -0.2) is 0 Å². The maximum atomic E-state index is 12.8. The first-order valence-corrected chi connectivity index (χ1v) is 8.79. The molecule has 2 aliphatic rings. The Hall–Kier alpha value is -1.50. The lowest BCUT2D eigenvalue weighted by atomic mass is 9.82. The molecular weight excluding hydrogens is 306 g/mol. The number of hydrogen-bond acceptors (Lipinski definition) is 5. The van der Waals surface area contributed by atoms with E-state index in [4.69, 9.17) is 9.47 Å². The summed E-state index contributed by atoms with van der Waals surface area (Å²) in [5.41, 5.74) is 1.62. The maximum Gasteiger partial charge on any atom is 0.230 e. The fourth-order valence-corrected chi connectivity index (χ4v) is 3.72. The Morgan fingerprint density at radius 3 is 3.12 bits per heavy atom. The highest BCUT2D eigenvalue weighted by Crippen LogP contribution is 2.34. The Morgan fingerprint density at radius 2 is 2.33 bits per heavy atom. The van der Waals surface area contributed by atoms with Gasteiger partial charge in [0.25, 0.3) is 0 Å². The third-order valence-corrected chi connectivity index (χ3v) is 5.07. The Labute approximate surface area is 143 Å². The molecule has 3 rings (SSSR count). The monoisotopic (exact) mass is 333 g/mol. The van der Waals surface area contributed by atoms with Crippen molar-refractivity contribution in [3.63, 3.8) is 0 Å². The minimum absolute atomic E-state index is 0.0486. The fraction of sp³-hybridized carbons (Fsp3) is 0.667. The number of likely N-dealkylation sites (tertiary alicyclic amines) is 1. The van der Waals surface area contributed by atoms with E-state index in [1.807, 2.05) is 26.0 Å². The molecule has 3 heterocycles. The van der Waals surface area contributed by atoms with Gasteiger partial charge in [0.15, 0.2) is 0 Å². The lowest BCUT2D eigenvalue weighted by Crippen LogP contribution is -2.42. The molecule has 0 saturated carbocycles. The van der Waals surface area contributed by atoms with Crippen LogP contribution in [-0.4, -0.2) is 61.9 Å². The van der Waals surface area contributed by atoms with Crippen LogP contribution in [0.25, 0.3) is 0 Å². The van der Waals surface area contributed by atoms with Gasteiger partial charge < -0.3 is 19.7 Å². The summed E-state index contributed by atoms with van der Waals surface area (Å²) in [6.45, 7) is 9.55. The van der Waals surface area contributed by atoms with E-state index in [9.17, 15) is 4.79 Å². The van der Waals surface area contributed by atoms with Crippen molar-refractivity contribution in [2.75, 3.05) is 51.4 Å². The van der Waals surface area contributed by atoms with Crippen LogP contribution in [0.1, 0.15) is 12.6 Å². The topological polar surface area (TPSA) is 63.7 Å². The number of nitrogens with one attached hydrogen (secondary N) is 1. The lowest BCUT2D eigenvalue weighted by molar-refractivity contribution is -0.128. The van der Waals surface area contributed by atoms with E-state index in [2.05, 4.69) is 15.2 Å². The van der Waals surface area contributed by atoms with E-state index in [1.54, 1.807) is 6.20 Å². The standard InChI is InChI=1S/C18H27N3O3/c1-3-23-8-7-21-9-14-11-24-12-16(15(14)10-21)18(22)20-17-5-4-6-19-13(17)2/h4-6,14-16H,3,7-12H2,1-2H3,(H,20,22)/t14-,15-,16+/m1/s1. The van der Waals surface area contributed by atoms with Crippen molar-refractivity contribution < 1.29 is 14.3 Å². The second kappa shape index (κ2) is 8.05. The normalized spacial score (nSPS) is 27.0. The van der Waals surface area contributed by atoms with Crippen LogP contribution in [0.4, 0.5) is 5.69 Å². The first-order valence-electron chi connectivity index (χ1n) is 8.79. The summed E-state index contributed by atoms with van der Waals surface area (Å²) in [5.74, 6) is 0.747. The Morgan fingerprint density at radius 1 is 1.46 bits per heavy atom. The molecule has 0 spiro atoms. The molecule has 132 valence electrons. The van der Waals surface area contributed by atoms with Gasteiger partial charge in [0, 0.05) is 32.4 Å². The van der Waals surface area contributed by atoms with Crippen molar-refractivity contribution in [1.82, 2.24) is 9.88 Å². The minimum atomic E-state index is -0.0968. The van der Waals surface area contributed by atoms with Gasteiger partial charge >= 0.3 is 0 Å². The zero-order valence-electron chi connectivity index (χ0n) is 14.5. The lowest BCUT2D eigenvalue weighted by Gasteiger charge is -2.32. The van der Waals surface area contributed by atoms with Gasteiger partial charge in [-0.05, 0) is 37.8 Å². The van der Waals surface area contributed by atoms with Crippen LogP contribution >= 0.6 is 0 Å². The highest BCUT2D eigenvalue weighted by atomic mass is 16.5. The number of carbonyl (C=O) groups is 1. The summed E-state index contributed by atoms with van der Waals surface area (Å²) in [7, 11) is 0. The van der Waals surface area contributed by atoms with E-state index in [0.29, 0.717) is 18.4 Å². The molecule has 6 nitrogen and oxygen atoms in total. The van der Waals surface area contributed by atoms with Gasteiger partial charge in [0.05, 0.1) is 37.1 Å². The zero-order chi connectivity index (χ0) is 16.9. The van der Waals surface area contributed by atoms with Crippen molar-refractivity contribution >= 4 is 11.6 Å².